The number of halogens is 1. The third kappa shape index (κ3) is 2.93. The maximum Gasteiger partial charge on any atom is 0.227 e. The fraction of sp³-hybridized carbons (Fsp3) is 0.520. The van der Waals surface area contributed by atoms with Crippen molar-refractivity contribution in [2.45, 2.75) is 42.9 Å². The van der Waals surface area contributed by atoms with Gasteiger partial charge in [-0.25, -0.2) is 4.98 Å². The van der Waals surface area contributed by atoms with E-state index in [1.54, 1.807) is 0 Å². The molecule has 6 heteroatoms. The SMILES string of the molecule is O=C([C@@H]1CNC[C@]12CCCc1nc(Cl)ccc12)N1CCC2(CC1)COc1ccccc12. The predicted octanol–water partition coefficient (Wildman–Crippen LogP) is 3.48. The van der Waals surface area contributed by atoms with Crippen molar-refractivity contribution in [3.63, 3.8) is 0 Å². The van der Waals surface area contributed by atoms with E-state index in [1.807, 2.05) is 12.1 Å². The molecule has 5 nitrogen and oxygen atoms in total. The molecule has 6 rings (SSSR count). The number of amides is 1. The lowest BCUT2D eigenvalue weighted by molar-refractivity contribution is -0.138. The van der Waals surface area contributed by atoms with Gasteiger partial charge < -0.3 is 15.0 Å². The summed E-state index contributed by atoms with van der Waals surface area (Å²) in [6, 6.07) is 12.4. The molecule has 1 aromatic carbocycles. The van der Waals surface area contributed by atoms with Crippen molar-refractivity contribution in [1.82, 2.24) is 15.2 Å². The minimum absolute atomic E-state index is 0.0318. The average Bonchev–Trinajstić information content (AvgIpc) is 3.37. The van der Waals surface area contributed by atoms with Gasteiger partial charge in [0.2, 0.25) is 5.91 Å². The van der Waals surface area contributed by atoms with Crippen molar-refractivity contribution in [3.05, 3.63) is 58.4 Å². The van der Waals surface area contributed by atoms with Crippen LogP contribution < -0.4 is 10.1 Å². The molecule has 1 N–H and O–H groups in total. The molecule has 4 heterocycles. The number of piperidine rings is 1. The largest absolute Gasteiger partial charge is 0.492 e. The Kier molecular flexibility index (Phi) is 4.55. The first-order valence-electron chi connectivity index (χ1n) is 11.5. The van der Waals surface area contributed by atoms with Crippen LogP contribution in [-0.4, -0.2) is 48.6 Å². The highest BCUT2D eigenvalue weighted by molar-refractivity contribution is 6.29. The molecule has 1 amide bonds. The summed E-state index contributed by atoms with van der Waals surface area (Å²) in [5.74, 6) is 1.29. The number of carbonyl (C=O) groups is 1. The normalized spacial score (nSPS) is 28.4. The first kappa shape index (κ1) is 19.6. The molecule has 3 aliphatic heterocycles. The number of rotatable bonds is 1. The molecule has 0 saturated carbocycles. The van der Waals surface area contributed by atoms with E-state index >= 15 is 0 Å². The molecule has 1 aromatic heterocycles. The number of likely N-dealkylation sites (tertiary alicyclic amines) is 1. The summed E-state index contributed by atoms with van der Waals surface area (Å²) in [6.45, 7) is 3.93. The molecule has 2 spiro atoms. The van der Waals surface area contributed by atoms with Crippen molar-refractivity contribution in [3.8, 4) is 5.75 Å². The number of aromatic nitrogens is 1. The fourth-order valence-electron chi connectivity index (χ4n) is 6.57. The Morgan fingerprint density at radius 1 is 1.13 bits per heavy atom. The highest BCUT2D eigenvalue weighted by Gasteiger charge is 2.52. The molecule has 31 heavy (non-hydrogen) atoms. The molecule has 2 fully saturated rings. The van der Waals surface area contributed by atoms with Gasteiger partial charge in [0.25, 0.3) is 0 Å². The Morgan fingerprint density at radius 2 is 1.97 bits per heavy atom. The molecule has 2 atom stereocenters. The number of hydrogen-bond donors (Lipinski definition) is 1. The number of carbonyl (C=O) groups excluding carboxylic acids is 1. The van der Waals surface area contributed by atoms with Gasteiger partial charge in [0, 0.05) is 48.3 Å². The third-order valence-corrected chi connectivity index (χ3v) is 8.47. The standard InChI is InChI=1S/C25H28ClN3O2/c26-22-8-7-17-20(28-22)5-3-9-25(17)15-27-14-19(25)23(30)29-12-10-24(11-13-29)16-31-21-6-2-1-4-18(21)24/h1-2,4,6-8,19,27H,3,5,9-16H2/t19-,25-/m0/s1. The van der Waals surface area contributed by atoms with E-state index in [-0.39, 0.29) is 16.7 Å². The van der Waals surface area contributed by atoms with Crippen molar-refractivity contribution >= 4 is 17.5 Å². The molecule has 0 unspecified atom stereocenters. The van der Waals surface area contributed by atoms with E-state index in [0.717, 1.165) is 76.3 Å². The van der Waals surface area contributed by atoms with Crippen molar-refractivity contribution in [2.24, 2.45) is 5.92 Å². The van der Waals surface area contributed by atoms with E-state index in [4.69, 9.17) is 16.3 Å². The van der Waals surface area contributed by atoms with E-state index in [9.17, 15) is 4.79 Å². The zero-order chi connectivity index (χ0) is 21.1. The molecule has 0 radical (unpaired) electrons. The zero-order valence-electron chi connectivity index (χ0n) is 17.7. The van der Waals surface area contributed by atoms with Crippen LogP contribution in [0.3, 0.4) is 0 Å². The van der Waals surface area contributed by atoms with Crippen molar-refractivity contribution in [1.29, 1.82) is 0 Å². The van der Waals surface area contributed by atoms with Crippen LogP contribution in [0.4, 0.5) is 0 Å². The van der Waals surface area contributed by atoms with Gasteiger partial charge in [-0.05, 0) is 49.8 Å². The van der Waals surface area contributed by atoms with E-state index < -0.39 is 0 Å². The summed E-state index contributed by atoms with van der Waals surface area (Å²) in [5, 5.41) is 4.09. The summed E-state index contributed by atoms with van der Waals surface area (Å²) in [4.78, 5) is 20.5. The molecular formula is C25H28ClN3O2. The number of ether oxygens (including phenoxy) is 1. The molecule has 162 valence electrons. The van der Waals surface area contributed by atoms with Crippen LogP contribution in [0.2, 0.25) is 5.15 Å². The quantitative estimate of drug-likeness (QED) is 0.694. The second-order valence-corrected chi connectivity index (χ2v) is 10.1. The fourth-order valence-corrected chi connectivity index (χ4v) is 6.73. The van der Waals surface area contributed by atoms with Gasteiger partial charge in [0.05, 0.1) is 12.5 Å². The lowest BCUT2D eigenvalue weighted by Gasteiger charge is -2.43. The van der Waals surface area contributed by atoms with Crippen LogP contribution in [0.15, 0.2) is 36.4 Å². The van der Waals surface area contributed by atoms with Gasteiger partial charge in [-0.1, -0.05) is 35.9 Å². The van der Waals surface area contributed by atoms with Crippen LogP contribution in [0, 0.1) is 5.92 Å². The molecular weight excluding hydrogens is 410 g/mol. The highest BCUT2D eigenvalue weighted by atomic mass is 35.5. The van der Waals surface area contributed by atoms with E-state index in [2.05, 4.69) is 39.5 Å². The van der Waals surface area contributed by atoms with Gasteiger partial charge in [0.15, 0.2) is 0 Å². The van der Waals surface area contributed by atoms with Crippen molar-refractivity contribution in [2.75, 3.05) is 32.8 Å². The molecule has 2 saturated heterocycles. The summed E-state index contributed by atoms with van der Waals surface area (Å²) in [5.41, 5.74) is 3.55. The summed E-state index contributed by atoms with van der Waals surface area (Å²) < 4.78 is 5.99. The van der Waals surface area contributed by atoms with Crippen LogP contribution >= 0.6 is 11.6 Å². The van der Waals surface area contributed by atoms with Gasteiger partial charge in [-0.3, -0.25) is 4.79 Å². The topological polar surface area (TPSA) is 54.5 Å². The molecule has 4 aliphatic rings. The van der Waals surface area contributed by atoms with Gasteiger partial charge >= 0.3 is 0 Å². The third-order valence-electron chi connectivity index (χ3n) is 8.26. The Labute approximate surface area is 188 Å². The van der Waals surface area contributed by atoms with Crippen LogP contribution in [0.25, 0.3) is 0 Å². The molecule has 0 bridgehead atoms. The molecule has 2 aromatic rings. The van der Waals surface area contributed by atoms with Crippen molar-refractivity contribution < 1.29 is 9.53 Å². The van der Waals surface area contributed by atoms with Gasteiger partial charge in [-0.2, -0.15) is 0 Å². The second kappa shape index (κ2) is 7.21. The smallest absolute Gasteiger partial charge is 0.227 e. The Morgan fingerprint density at radius 3 is 2.84 bits per heavy atom. The summed E-state index contributed by atoms with van der Waals surface area (Å²) >= 11 is 6.18. The van der Waals surface area contributed by atoms with Crippen LogP contribution in [0.5, 0.6) is 5.75 Å². The lowest BCUT2D eigenvalue weighted by atomic mass is 9.65. The maximum atomic E-state index is 13.8. The number of nitrogens with zero attached hydrogens (tertiary/aromatic N) is 2. The second-order valence-electron chi connectivity index (χ2n) is 9.71. The first-order chi connectivity index (χ1) is 15.1. The zero-order valence-corrected chi connectivity index (χ0v) is 18.5. The highest BCUT2D eigenvalue weighted by Crippen LogP contribution is 2.48. The molecule has 1 aliphatic carbocycles. The summed E-state index contributed by atoms with van der Waals surface area (Å²) in [7, 11) is 0. The van der Waals surface area contributed by atoms with Crippen LogP contribution in [0.1, 0.15) is 42.5 Å². The van der Waals surface area contributed by atoms with Crippen LogP contribution in [-0.2, 0) is 22.0 Å². The average molecular weight is 438 g/mol. The minimum Gasteiger partial charge on any atom is -0.492 e. The number of para-hydroxylation sites is 1. The number of benzene rings is 1. The number of fused-ring (bicyclic) bond motifs is 4. The monoisotopic (exact) mass is 437 g/mol. The van der Waals surface area contributed by atoms with Gasteiger partial charge in [-0.15, -0.1) is 0 Å². The number of pyridine rings is 1. The minimum atomic E-state index is -0.152. The Balaban J connectivity index is 1.24. The summed E-state index contributed by atoms with van der Waals surface area (Å²) in [6.07, 6.45) is 4.98. The number of hydrogen-bond acceptors (Lipinski definition) is 4. The van der Waals surface area contributed by atoms with E-state index in [1.165, 1.54) is 11.1 Å². The van der Waals surface area contributed by atoms with Gasteiger partial charge in [0.1, 0.15) is 10.9 Å². The van der Waals surface area contributed by atoms with E-state index in [0.29, 0.717) is 11.1 Å². The number of aryl methyl sites for hydroxylation is 1. The number of nitrogens with one attached hydrogen (secondary N) is 1. The Bertz CT molecular complexity index is 1030. The first-order valence-corrected chi connectivity index (χ1v) is 11.9. The predicted molar refractivity (Wildman–Crippen MR) is 120 cm³/mol. The lowest BCUT2D eigenvalue weighted by Crippen LogP contribution is -2.52. The maximum absolute atomic E-state index is 13.8. The Hall–Kier alpha value is -2.11.